The first-order valence-electron chi connectivity index (χ1n) is 14.0. The number of hydrogen-bond acceptors (Lipinski definition) is 4. The maximum Gasteiger partial charge on any atom is 0.250 e. The van der Waals surface area contributed by atoms with Gasteiger partial charge >= 0.3 is 0 Å². The zero-order valence-corrected chi connectivity index (χ0v) is 24.2. The van der Waals surface area contributed by atoms with Gasteiger partial charge in [0, 0.05) is 61.7 Å². The van der Waals surface area contributed by atoms with E-state index in [1.165, 1.54) is 6.07 Å². The summed E-state index contributed by atoms with van der Waals surface area (Å²) in [7, 11) is 0. The van der Waals surface area contributed by atoms with Gasteiger partial charge in [0.05, 0.1) is 11.4 Å². The topological polar surface area (TPSA) is 52.0 Å². The van der Waals surface area contributed by atoms with Gasteiger partial charge in [-0.05, 0) is 66.8 Å². The number of piperidine rings is 1. The van der Waals surface area contributed by atoms with Crippen LogP contribution >= 0.6 is 0 Å². The predicted molar refractivity (Wildman–Crippen MR) is 165 cm³/mol. The van der Waals surface area contributed by atoms with Crippen LogP contribution in [0.5, 0.6) is 0 Å². The van der Waals surface area contributed by atoms with Crippen LogP contribution in [0, 0.1) is 18.2 Å². The molecule has 0 bridgehead atoms. The van der Waals surface area contributed by atoms with Crippen molar-refractivity contribution in [3.8, 4) is 11.1 Å². The molecule has 42 heavy (non-hydrogen) atoms. The van der Waals surface area contributed by atoms with Crippen molar-refractivity contribution >= 4 is 5.71 Å². The van der Waals surface area contributed by atoms with E-state index in [0.717, 1.165) is 39.1 Å². The van der Waals surface area contributed by atoms with Crippen molar-refractivity contribution in [2.24, 2.45) is 0 Å². The van der Waals surface area contributed by atoms with Gasteiger partial charge in [-0.3, -0.25) is 15.3 Å². The molecular formula is C35H37F3N4. The Bertz CT molecular complexity index is 1530. The van der Waals surface area contributed by atoms with E-state index in [0.29, 0.717) is 37.3 Å². The molecule has 1 aromatic heterocycles. The van der Waals surface area contributed by atoms with Gasteiger partial charge in [-0.15, -0.1) is 0 Å². The molecule has 2 N–H and O–H groups in total. The van der Waals surface area contributed by atoms with Crippen molar-refractivity contribution in [2.75, 3.05) is 13.1 Å². The molecule has 3 aromatic rings. The van der Waals surface area contributed by atoms with Crippen molar-refractivity contribution in [3.63, 3.8) is 0 Å². The molecule has 0 atom stereocenters. The summed E-state index contributed by atoms with van der Waals surface area (Å²) in [5, 5.41) is 12.1. The average molecular weight is 571 g/mol. The van der Waals surface area contributed by atoms with E-state index in [2.05, 4.69) is 23.5 Å². The van der Waals surface area contributed by atoms with Gasteiger partial charge in [0.25, 0.3) is 5.92 Å². The molecule has 0 amide bonds. The third kappa shape index (κ3) is 8.17. The standard InChI is InChI=1S/C35H37F3N4/c1-5-31(13-10-24(2)18-29-8-6-7-9-33(29)36)41-26(4)34(39)32-20-28(12-11-25(32)3)30-19-27(21-40-22-30)23-42-16-14-35(37,38)15-17-42/h5-13,19-22,39,41H,2,4,14-18,23H2,1,3H3/b13-10-,31-5+,39-34?. The van der Waals surface area contributed by atoms with Crippen LogP contribution in [0.2, 0.25) is 0 Å². The lowest BCUT2D eigenvalue weighted by Crippen LogP contribution is -2.38. The molecular weight excluding hydrogens is 533 g/mol. The second-order valence-corrected chi connectivity index (χ2v) is 10.7. The predicted octanol–water partition coefficient (Wildman–Crippen LogP) is 8.16. The van der Waals surface area contributed by atoms with Crippen LogP contribution in [0.15, 0.2) is 109 Å². The second kappa shape index (κ2) is 13.6. The first-order valence-corrected chi connectivity index (χ1v) is 14.0. The zero-order valence-electron chi connectivity index (χ0n) is 24.2. The third-order valence-electron chi connectivity index (χ3n) is 7.41. The van der Waals surface area contributed by atoms with E-state index in [4.69, 9.17) is 5.41 Å². The molecule has 2 heterocycles. The Kier molecular flexibility index (Phi) is 9.96. The van der Waals surface area contributed by atoms with Crippen molar-refractivity contribution in [1.29, 1.82) is 5.41 Å². The molecule has 7 heteroatoms. The normalized spacial score (nSPS) is 15.5. The smallest absolute Gasteiger partial charge is 0.250 e. The molecule has 4 nitrogen and oxygen atoms in total. The van der Waals surface area contributed by atoms with E-state index in [-0.39, 0.29) is 24.4 Å². The van der Waals surface area contributed by atoms with Crippen LogP contribution in [0.3, 0.4) is 0 Å². The largest absolute Gasteiger partial charge is 0.355 e. The SMILES string of the molecule is C=C(/C=C\C(=C/C)NC(=C)C(=N)c1cc(-c2cncc(CN3CCC(F)(F)CC3)c2)ccc1C)Cc1ccccc1F. The fourth-order valence-electron chi connectivity index (χ4n) is 4.86. The van der Waals surface area contributed by atoms with E-state index in [1.54, 1.807) is 30.6 Å². The van der Waals surface area contributed by atoms with Crippen molar-refractivity contribution < 1.29 is 13.2 Å². The molecule has 0 spiro atoms. The lowest BCUT2D eigenvalue weighted by Gasteiger charge is -2.31. The van der Waals surface area contributed by atoms with Crippen LogP contribution in [0.25, 0.3) is 11.1 Å². The number of aryl methyl sites for hydroxylation is 1. The quantitative estimate of drug-likeness (QED) is 0.181. The molecule has 0 saturated carbocycles. The zero-order chi connectivity index (χ0) is 30.3. The summed E-state index contributed by atoms with van der Waals surface area (Å²) in [5.74, 6) is -2.83. The Labute approximate surface area is 246 Å². The Morgan fingerprint density at radius 1 is 1.05 bits per heavy atom. The van der Waals surface area contributed by atoms with E-state index in [9.17, 15) is 13.2 Å². The maximum atomic E-state index is 14.0. The Hall–Kier alpha value is -4.23. The number of allylic oxidation sites excluding steroid dienone is 5. The number of rotatable bonds is 11. The Balaban J connectivity index is 1.42. The lowest BCUT2D eigenvalue weighted by molar-refractivity contribution is -0.0566. The highest BCUT2D eigenvalue weighted by atomic mass is 19.3. The van der Waals surface area contributed by atoms with Crippen LogP contribution in [0.4, 0.5) is 13.2 Å². The number of alkyl halides is 2. The Morgan fingerprint density at radius 2 is 1.79 bits per heavy atom. The summed E-state index contributed by atoms with van der Waals surface area (Å²) < 4.78 is 41.1. The number of halogens is 3. The van der Waals surface area contributed by atoms with Gasteiger partial charge in [0.1, 0.15) is 5.82 Å². The third-order valence-corrected chi connectivity index (χ3v) is 7.41. The van der Waals surface area contributed by atoms with Crippen molar-refractivity contribution in [1.82, 2.24) is 15.2 Å². The van der Waals surface area contributed by atoms with Gasteiger partial charge < -0.3 is 5.32 Å². The first-order chi connectivity index (χ1) is 20.0. The van der Waals surface area contributed by atoms with Gasteiger partial charge in [-0.25, -0.2) is 13.2 Å². The molecule has 1 aliphatic rings. The van der Waals surface area contributed by atoms with Crippen LogP contribution in [-0.4, -0.2) is 34.6 Å². The van der Waals surface area contributed by atoms with Gasteiger partial charge in [-0.1, -0.05) is 61.2 Å². The summed E-state index contributed by atoms with van der Waals surface area (Å²) in [6.07, 6.45) is 9.25. The number of likely N-dealkylation sites (tertiary alicyclic amines) is 1. The minimum absolute atomic E-state index is 0.116. The number of nitrogens with one attached hydrogen (secondary N) is 2. The molecule has 1 fully saturated rings. The molecule has 0 aliphatic carbocycles. The minimum atomic E-state index is -2.57. The average Bonchev–Trinajstić information content (AvgIpc) is 2.97. The highest BCUT2D eigenvalue weighted by molar-refractivity contribution is 6.11. The van der Waals surface area contributed by atoms with Gasteiger partial charge in [0.15, 0.2) is 0 Å². The van der Waals surface area contributed by atoms with Gasteiger partial charge in [0.2, 0.25) is 0 Å². The highest BCUT2D eigenvalue weighted by Gasteiger charge is 2.33. The summed E-state index contributed by atoms with van der Waals surface area (Å²) in [6, 6.07) is 14.6. The molecule has 2 aromatic carbocycles. The van der Waals surface area contributed by atoms with Crippen LogP contribution in [0.1, 0.15) is 42.0 Å². The monoisotopic (exact) mass is 570 g/mol. The fourth-order valence-corrected chi connectivity index (χ4v) is 4.86. The van der Waals surface area contributed by atoms with E-state index < -0.39 is 5.92 Å². The number of benzene rings is 2. The summed E-state index contributed by atoms with van der Waals surface area (Å²) >= 11 is 0. The molecule has 0 unspecified atom stereocenters. The number of nitrogens with zero attached hydrogens (tertiary/aromatic N) is 2. The van der Waals surface area contributed by atoms with E-state index >= 15 is 0 Å². The lowest BCUT2D eigenvalue weighted by atomic mass is 9.96. The molecule has 4 rings (SSSR count). The molecule has 1 saturated heterocycles. The van der Waals surface area contributed by atoms with Crippen LogP contribution in [-0.2, 0) is 13.0 Å². The van der Waals surface area contributed by atoms with Crippen LogP contribution < -0.4 is 5.32 Å². The highest BCUT2D eigenvalue weighted by Crippen LogP contribution is 2.29. The fraction of sp³-hybridized carbons (Fsp3) is 0.257. The van der Waals surface area contributed by atoms with E-state index in [1.807, 2.05) is 61.2 Å². The molecule has 0 radical (unpaired) electrons. The molecule has 218 valence electrons. The van der Waals surface area contributed by atoms with Crippen molar-refractivity contribution in [3.05, 3.63) is 137 Å². The first kappa shape index (κ1) is 30.7. The summed E-state index contributed by atoms with van der Waals surface area (Å²) in [6.45, 7) is 13.3. The molecule has 1 aliphatic heterocycles. The number of hydrogen-bond donors (Lipinski definition) is 2. The Morgan fingerprint density at radius 3 is 2.50 bits per heavy atom. The summed E-state index contributed by atoms with van der Waals surface area (Å²) in [4.78, 5) is 6.44. The summed E-state index contributed by atoms with van der Waals surface area (Å²) in [5.41, 5.74) is 7.18. The second-order valence-electron chi connectivity index (χ2n) is 10.7. The maximum absolute atomic E-state index is 14.0. The number of aromatic nitrogens is 1. The minimum Gasteiger partial charge on any atom is -0.355 e. The van der Waals surface area contributed by atoms with Crippen molar-refractivity contribution in [2.45, 2.75) is 45.6 Å². The van der Waals surface area contributed by atoms with Gasteiger partial charge in [-0.2, -0.15) is 0 Å². The number of pyridine rings is 1.